The van der Waals surface area contributed by atoms with Gasteiger partial charge in [0.2, 0.25) is 0 Å². The number of carbonyl (C=O) groups excluding carboxylic acids is 1. The molecule has 0 bridgehead atoms. The lowest BCUT2D eigenvalue weighted by atomic mass is 10.1. The third-order valence-electron chi connectivity index (χ3n) is 4.65. The van der Waals surface area contributed by atoms with Gasteiger partial charge in [-0.3, -0.25) is 4.79 Å². The van der Waals surface area contributed by atoms with E-state index in [1.165, 1.54) is 10.3 Å². The van der Waals surface area contributed by atoms with E-state index in [0.29, 0.717) is 11.4 Å². The molecule has 0 fully saturated rings. The summed E-state index contributed by atoms with van der Waals surface area (Å²) in [6, 6.07) is 14.2. The summed E-state index contributed by atoms with van der Waals surface area (Å²) in [5.74, 6) is 0.186. The van der Waals surface area contributed by atoms with Crippen molar-refractivity contribution >= 4 is 21.4 Å². The molecule has 6 heteroatoms. The minimum Gasteiger partial charge on any atom is -0.481 e. The monoisotopic (exact) mass is 385 g/mol. The van der Waals surface area contributed by atoms with Crippen LogP contribution in [0, 0.1) is 13.8 Å². The predicted octanol–water partition coefficient (Wildman–Crippen LogP) is 3.41. The second-order valence-corrected chi connectivity index (χ2v) is 8.71. The number of hydrogen-bond acceptors (Lipinski definition) is 4. The molecule has 1 heterocycles. The highest BCUT2D eigenvalue weighted by Gasteiger charge is 2.34. The lowest BCUT2D eigenvalue weighted by molar-refractivity contribution is -0.124. The van der Waals surface area contributed by atoms with Crippen molar-refractivity contribution in [2.24, 2.45) is 0 Å². The molecule has 0 saturated carbocycles. The first-order valence-corrected chi connectivity index (χ1v) is 10.5. The molecule has 142 valence electrons. The van der Waals surface area contributed by atoms with Crippen LogP contribution in [-0.2, 0) is 14.6 Å². The highest BCUT2D eigenvalue weighted by Crippen LogP contribution is 2.26. The van der Waals surface area contributed by atoms with Crippen molar-refractivity contribution < 1.29 is 17.9 Å². The lowest BCUT2D eigenvalue weighted by Crippen LogP contribution is -2.47. The van der Waals surface area contributed by atoms with E-state index in [4.69, 9.17) is 4.74 Å². The Bertz CT molecular complexity index is 967. The molecular formula is C21H23NO4S. The Morgan fingerprint density at radius 3 is 2.41 bits per heavy atom. The second-order valence-electron chi connectivity index (χ2n) is 6.78. The zero-order chi connectivity index (χ0) is 19.6. The van der Waals surface area contributed by atoms with Gasteiger partial charge in [0, 0.05) is 11.1 Å². The van der Waals surface area contributed by atoms with Crippen molar-refractivity contribution in [2.45, 2.75) is 32.9 Å². The molecule has 0 unspecified atom stereocenters. The van der Waals surface area contributed by atoms with E-state index in [-0.39, 0.29) is 11.7 Å². The van der Waals surface area contributed by atoms with Crippen LogP contribution in [-0.4, -0.2) is 32.2 Å². The molecular weight excluding hydrogens is 362 g/mol. The van der Waals surface area contributed by atoms with Crippen LogP contribution in [0.1, 0.15) is 18.1 Å². The Hall–Kier alpha value is -2.60. The molecule has 2 aromatic rings. The van der Waals surface area contributed by atoms with Gasteiger partial charge in [-0.1, -0.05) is 24.3 Å². The smallest absolute Gasteiger partial charge is 0.268 e. The summed E-state index contributed by atoms with van der Waals surface area (Å²) in [5, 5.41) is 1.18. The Morgan fingerprint density at radius 2 is 1.81 bits per heavy atom. The number of sulfone groups is 1. The molecule has 1 amide bonds. The number of para-hydroxylation sites is 1. The van der Waals surface area contributed by atoms with Crippen molar-refractivity contribution in [3.05, 3.63) is 71.1 Å². The first-order valence-electron chi connectivity index (χ1n) is 8.80. The molecule has 2 atom stereocenters. The topological polar surface area (TPSA) is 63.7 Å². The zero-order valence-corrected chi connectivity index (χ0v) is 16.4. The molecule has 0 saturated heterocycles. The third-order valence-corrected chi connectivity index (χ3v) is 6.03. The fourth-order valence-electron chi connectivity index (χ4n) is 3.03. The van der Waals surface area contributed by atoms with Crippen molar-refractivity contribution in [3.63, 3.8) is 0 Å². The molecule has 0 spiro atoms. The Morgan fingerprint density at radius 1 is 1.11 bits per heavy atom. The van der Waals surface area contributed by atoms with Crippen LogP contribution in [0.3, 0.4) is 0 Å². The van der Waals surface area contributed by atoms with E-state index in [2.05, 4.69) is 0 Å². The number of anilines is 1. The molecule has 27 heavy (non-hydrogen) atoms. The SMILES string of the molecule is Cc1ccc(N(C(=O)[C@@H](C)Oc2ccccc2)[C@H]2C=CS(=O)(=O)C2)cc1C. The van der Waals surface area contributed by atoms with E-state index in [9.17, 15) is 13.2 Å². The number of aryl methyl sites for hydroxylation is 2. The van der Waals surface area contributed by atoms with Gasteiger partial charge >= 0.3 is 0 Å². The van der Waals surface area contributed by atoms with E-state index in [1.807, 2.05) is 50.2 Å². The molecule has 0 aromatic heterocycles. The van der Waals surface area contributed by atoms with Gasteiger partial charge in [-0.05, 0) is 62.2 Å². The van der Waals surface area contributed by atoms with Crippen molar-refractivity contribution in [1.29, 1.82) is 0 Å². The minimum atomic E-state index is -3.30. The Labute approximate surface area is 160 Å². The van der Waals surface area contributed by atoms with Gasteiger partial charge in [-0.25, -0.2) is 8.42 Å². The van der Waals surface area contributed by atoms with Crippen LogP contribution in [0.4, 0.5) is 5.69 Å². The van der Waals surface area contributed by atoms with Gasteiger partial charge < -0.3 is 9.64 Å². The maximum atomic E-state index is 13.2. The summed E-state index contributed by atoms with van der Waals surface area (Å²) in [5.41, 5.74) is 2.81. The first kappa shape index (κ1) is 19.2. The summed E-state index contributed by atoms with van der Waals surface area (Å²) in [6.07, 6.45) is 0.809. The van der Waals surface area contributed by atoms with Crippen LogP contribution >= 0.6 is 0 Å². The standard InChI is InChI=1S/C21H23NO4S/c1-15-9-10-18(13-16(15)2)22(19-11-12-27(24,25)14-19)21(23)17(3)26-20-7-5-4-6-8-20/h4-13,17,19H,14H2,1-3H3/t17-,19+/m1/s1. The Balaban J connectivity index is 1.92. The van der Waals surface area contributed by atoms with Crippen molar-refractivity contribution in [1.82, 2.24) is 0 Å². The number of amides is 1. The molecule has 0 aliphatic carbocycles. The third kappa shape index (κ3) is 4.39. The zero-order valence-electron chi connectivity index (χ0n) is 15.6. The summed E-state index contributed by atoms with van der Waals surface area (Å²) in [4.78, 5) is 14.7. The van der Waals surface area contributed by atoms with Crippen LogP contribution in [0.25, 0.3) is 0 Å². The van der Waals surface area contributed by atoms with Crippen LogP contribution in [0.5, 0.6) is 5.75 Å². The molecule has 1 aliphatic heterocycles. The Kier molecular flexibility index (Phi) is 5.37. The highest BCUT2D eigenvalue weighted by atomic mass is 32.2. The van der Waals surface area contributed by atoms with Crippen molar-refractivity contribution in [2.75, 3.05) is 10.7 Å². The summed E-state index contributed by atoms with van der Waals surface area (Å²) in [7, 11) is -3.30. The molecule has 0 radical (unpaired) electrons. The summed E-state index contributed by atoms with van der Waals surface area (Å²) < 4.78 is 29.6. The number of carbonyl (C=O) groups is 1. The second kappa shape index (κ2) is 7.56. The minimum absolute atomic E-state index is 0.121. The first-order chi connectivity index (χ1) is 12.8. The maximum absolute atomic E-state index is 13.2. The summed E-state index contributed by atoms with van der Waals surface area (Å²) >= 11 is 0. The normalized spacial score (nSPS) is 18.9. The van der Waals surface area contributed by atoms with E-state index < -0.39 is 22.0 Å². The van der Waals surface area contributed by atoms with Gasteiger partial charge in [0.05, 0.1) is 11.8 Å². The average molecular weight is 385 g/mol. The molecule has 3 rings (SSSR count). The molecule has 2 aromatic carbocycles. The molecule has 5 nitrogen and oxygen atoms in total. The highest BCUT2D eigenvalue weighted by molar-refractivity contribution is 7.94. The molecule has 0 N–H and O–H groups in total. The quantitative estimate of drug-likeness (QED) is 0.791. The number of rotatable bonds is 5. The van der Waals surface area contributed by atoms with E-state index >= 15 is 0 Å². The lowest BCUT2D eigenvalue weighted by Gasteiger charge is -2.30. The molecule has 1 aliphatic rings. The largest absolute Gasteiger partial charge is 0.481 e. The van der Waals surface area contributed by atoms with Gasteiger partial charge in [-0.2, -0.15) is 0 Å². The van der Waals surface area contributed by atoms with E-state index in [1.54, 1.807) is 25.1 Å². The van der Waals surface area contributed by atoms with Gasteiger partial charge in [0.15, 0.2) is 15.9 Å². The van der Waals surface area contributed by atoms with Crippen LogP contribution < -0.4 is 9.64 Å². The average Bonchev–Trinajstić information content (AvgIpc) is 2.98. The van der Waals surface area contributed by atoms with Crippen molar-refractivity contribution in [3.8, 4) is 5.75 Å². The fourth-order valence-corrected chi connectivity index (χ4v) is 4.30. The van der Waals surface area contributed by atoms with Crippen LogP contribution in [0.2, 0.25) is 0 Å². The van der Waals surface area contributed by atoms with Crippen LogP contribution in [0.15, 0.2) is 60.0 Å². The number of benzene rings is 2. The summed E-state index contributed by atoms with van der Waals surface area (Å²) in [6.45, 7) is 5.63. The predicted molar refractivity (Wildman–Crippen MR) is 107 cm³/mol. The number of nitrogens with zero attached hydrogens (tertiary/aromatic N) is 1. The number of ether oxygens (including phenoxy) is 1. The fraction of sp³-hybridized carbons (Fsp3) is 0.286. The maximum Gasteiger partial charge on any atom is 0.268 e. The van der Waals surface area contributed by atoms with Gasteiger partial charge in [0.1, 0.15) is 5.75 Å². The van der Waals surface area contributed by atoms with Gasteiger partial charge in [-0.15, -0.1) is 0 Å². The number of hydrogen-bond donors (Lipinski definition) is 0. The van der Waals surface area contributed by atoms with E-state index in [0.717, 1.165) is 11.1 Å². The van der Waals surface area contributed by atoms with Gasteiger partial charge in [0.25, 0.3) is 5.91 Å².